The van der Waals surface area contributed by atoms with Crippen LogP contribution in [0, 0.1) is 0 Å². The number of nitrogens with zero attached hydrogens (tertiary/aromatic N) is 2. The molecule has 2 heterocycles. The van der Waals surface area contributed by atoms with Crippen molar-refractivity contribution in [1.82, 2.24) is 15.1 Å². The van der Waals surface area contributed by atoms with Crippen LogP contribution in [0.5, 0.6) is 5.75 Å². The average Bonchev–Trinajstić information content (AvgIpc) is 3.42. The Kier molecular flexibility index (Phi) is 7.85. The largest absolute Gasteiger partial charge is 0.492 e. The Balaban J connectivity index is 1.43. The highest BCUT2D eigenvalue weighted by atomic mass is 16.5. The molecule has 2 amide bonds. The van der Waals surface area contributed by atoms with Gasteiger partial charge in [-0.05, 0) is 50.9 Å². The van der Waals surface area contributed by atoms with Gasteiger partial charge in [0.2, 0.25) is 0 Å². The molecular weight excluding hydrogens is 374 g/mol. The minimum Gasteiger partial charge on any atom is -0.492 e. The molecule has 0 radical (unpaired) electrons. The zero-order valence-electron chi connectivity index (χ0n) is 16.7. The molecule has 3 N–H and O–H groups in total. The van der Waals surface area contributed by atoms with Gasteiger partial charge in [0, 0.05) is 19.1 Å². The number of ether oxygens (including phenoxy) is 1. The summed E-state index contributed by atoms with van der Waals surface area (Å²) in [6, 6.07) is 9.19. The van der Waals surface area contributed by atoms with E-state index in [1.807, 2.05) is 18.2 Å². The molecule has 2 fully saturated rings. The molecule has 1 aromatic carbocycles. The average molecular weight is 405 g/mol. The molecule has 3 atom stereocenters. The normalized spacial score (nSPS) is 21.7. The zero-order chi connectivity index (χ0) is 20.6. The number of hydrogen-bond acceptors (Lipinski definition) is 6. The van der Waals surface area contributed by atoms with Gasteiger partial charge in [0.15, 0.2) is 12.2 Å². The van der Waals surface area contributed by atoms with Crippen LogP contribution in [0.4, 0.5) is 0 Å². The first-order valence-corrected chi connectivity index (χ1v) is 10.4. The van der Waals surface area contributed by atoms with Crippen LogP contribution in [0.1, 0.15) is 25.7 Å². The summed E-state index contributed by atoms with van der Waals surface area (Å²) in [4.78, 5) is 28.8. The maximum Gasteiger partial charge on any atom is 0.254 e. The SMILES string of the molecule is O=C(NCCOc1ccccc1)[C@H](O)[C@@H](O)C(=O)N1CCC[C@H]1CN1CCCC1. The van der Waals surface area contributed by atoms with E-state index in [0.29, 0.717) is 12.3 Å². The lowest BCUT2D eigenvalue weighted by atomic mass is 10.1. The van der Waals surface area contributed by atoms with Crippen molar-refractivity contribution in [3.8, 4) is 5.75 Å². The summed E-state index contributed by atoms with van der Waals surface area (Å²) < 4.78 is 5.46. The van der Waals surface area contributed by atoms with E-state index in [1.165, 1.54) is 12.8 Å². The predicted octanol–water partition coefficient (Wildman–Crippen LogP) is -0.00980. The number of rotatable bonds is 9. The molecule has 1 aromatic rings. The van der Waals surface area contributed by atoms with Crippen molar-refractivity contribution in [3.63, 3.8) is 0 Å². The number of carbonyl (C=O) groups excluding carboxylic acids is 2. The Morgan fingerprint density at radius 2 is 1.79 bits per heavy atom. The monoisotopic (exact) mass is 405 g/mol. The highest BCUT2D eigenvalue weighted by molar-refractivity contribution is 5.90. The molecule has 0 unspecified atom stereocenters. The molecule has 8 heteroatoms. The van der Waals surface area contributed by atoms with Crippen LogP contribution in [0.2, 0.25) is 0 Å². The molecule has 0 saturated carbocycles. The number of likely N-dealkylation sites (tertiary alicyclic amines) is 2. The molecule has 160 valence electrons. The summed E-state index contributed by atoms with van der Waals surface area (Å²) in [6.07, 6.45) is 0.549. The lowest BCUT2D eigenvalue weighted by Crippen LogP contribution is -2.53. The van der Waals surface area contributed by atoms with Gasteiger partial charge < -0.3 is 30.1 Å². The van der Waals surface area contributed by atoms with Crippen molar-refractivity contribution < 1.29 is 24.5 Å². The minimum absolute atomic E-state index is 0.0322. The van der Waals surface area contributed by atoms with Crippen molar-refractivity contribution in [1.29, 1.82) is 0 Å². The molecule has 2 aliphatic heterocycles. The molecule has 8 nitrogen and oxygen atoms in total. The fourth-order valence-electron chi connectivity index (χ4n) is 3.99. The summed E-state index contributed by atoms with van der Waals surface area (Å²) in [5.74, 6) is -0.678. The first-order chi connectivity index (χ1) is 14.1. The second kappa shape index (κ2) is 10.6. The summed E-state index contributed by atoms with van der Waals surface area (Å²) in [5.41, 5.74) is 0. The fourth-order valence-corrected chi connectivity index (χ4v) is 3.99. The summed E-state index contributed by atoms with van der Waals surface area (Å²) in [5, 5.41) is 22.9. The predicted molar refractivity (Wildman–Crippen MR) is 107 cm³/mol. The van der Waals surface area contributed by atoms with E-state index in [0.717, 1.165) is 32.5 Å². The van der Waals surface area contributed by atoms with Crippen molar-refractivity contribution in [3.05, 3.63) is 30.3 Å². The molecule has 0 aromatic heterocycles. The van der Waals surface area contributed by atoms with Crippen LogP contribution < -0.4 is 10.1 Å². The molecular formula is C21H31N3O5. The maximum atomic E-state index is 12.7. The van der Waals surface area contributed by atoms with Crippen molar-refractivity contribution in [2.75, 3.05) is 39.3 Å². The van der Waals surface area contributed by atoms with E-state index in [2.05, 4.69) is 10.2 Å². The highest BCUT2D eigenvalue weighted by Gasteiger charge is 2.38. The molecule has 0 bridgehead atoms. The molecule has 2 aliphatic rings. The van der Waals surface area contributed by atoms with Gasteiger partial charge in [-0.25, -0.2) is 0 Å². The number of amides is 2. The third-order valence-corrected chi connectivity index (χ3v) is 5.56. The first kappa shape index (κ1) is 21.5. The Morgan fingerprint density at radius 3 is 2.52 bits per heavy atom. The van der Waals surface area contributed by atoms with Crippen LogP contribution in [-0.2, 0) is 9.59 Å². The molecule has 0 spiro atoms. The van der Waals surface area contributed by atoms with Crippen molar-refractivity contribution in [2.24, 2.45) is 0 Å². The first-order valence-electron chi connectivity index (χ1n) is 10.4. The summed E-state index contributed by atoms with van der Waals surface area (Å²) >= 11 is 0. The van der Waals surface area contributed by atoms with E-state index in [1.54, 1.807) is 17.0 Å². The van der Waals surface area contributed by atoms with Crippen LogP contribution in [0.25, 0.3) is 0 Å². The van der Waals surface area contributed by atoms with Gasteiger partial charge in [-0.15, -0.1) is 0 Å². The topological polar surface area (TPSA) is 102 Å². The van der Waals surface area contributed by atoms with Crippen LogP contribution in [0.3, 0.4) is 0 Å². The Morgan fingerprint density at radius 1 is 1.07 bits per heavy atom. The number of para-hydroxylation sites is 1. The van der Waals surface area contributed by atoms with Gasteiger partial charge in [0.1, 0.15) is 12.4 Å². The van der Waals surface area contributed by atoms with Gasteiger partial charge in [0.05, 0.1) is 6.54 Å². The lowest BCUT2D eigenvalue weighted by Gasteiger charge is -2.30. The van der Waals surface area contributed by atoms with E-state index < -0.39 is 24.0 Å². The molecule has 2 saturated heterocycles. The smallest absolute Gasteiger partial charge is 0.254 e. The third-order valence-electron chi connectivity index (χ3n) is 5.56. The zero-order valence-corrected chi connectivity index (χ0v) is 16.7. The highest BCUT2D eigenvalue weighted by Crippen LogP contribution is 2.21. The lowest BCUT2D eigenvalue weighted by molar-refractivity contribution is -0.153. The van der Waals surface area contributed by atoms with E-state index in [4.69, 9.17) is 4.74 Å². The van der Waals surface area contributed by atoms with Crippen molar-refractivity contribution >= 4 is 11.8 Å². The standard InChI is InChI=1S/C21H31N3O5/c25-18(20(27)22-10-14-29-17-8-2-1-3-9-17)19(26)21(28)24-13-6-7-16(24)15-23-11-4-5-12-23/h1-3,8-9,16,18-19,25-26H,4-7,10-15H2,(H,22,27)/t16-,18+,19+/m0/s1. The molecule has 0 aliphatic carbocycles. The van der Waals surface area contributed by atoms with Gasteiger partial charge >= 0.3 is 0 Å². The second-order valence-corrected chi connectivity index (χ2v) is 7.68. The third kappa shape index (κ3) is 5.91. The van der Waals surface area contributed by atoms with E-state index in [-0.39, 0.29) is 19.2 Å². The van der Waals surface area contributed by atoms with E-state index in [9.17, 15) is 19.8 Å². The number of nitrogens with one attached hydrogen (secondary N) is 1. The Labute approximate surface area is 171 Å². The van der Waals surface area contributed by atoms with Gasteiger partial charge in [-0.1, -0.05) is 18.2 Å². The number of aliphatic hydroxyl groups is 2. The Hall–Kier alpha value is -2.16. The van der Waals surface area contributed by atoms with Crippen LogP contribution in [0.15, 0.2) is 30.3 Å². The number of hydrogen-bond donors (Lipinski definition) is 3. The van der Waals surface area contributed by atoms with Gasteiger partial charge in [-0.3, -0.25) is 9.59 Å². The molecule has 3 rings (SSSR count). The summed E-state index contributed by atoms with van der Waals surface area (Å²) in [6.45, 7) is 3.79. The fraction of sp³-hybridized carbons (Fsp3) is 0.619. The van der Waals surface area contributed by atoms with Crippen molar-refractivity contribution in [2.45, 2.75) is 43.9 Å². The van der Waals surface area contributed by atoms with Gasteiger partial charge in [-0.2, -0.15) is 0 Å². The maximum absolute atomic E-state index is 12.7. The Bertz CT molecular complexity index is 666. The minimum atomic E-state index is -1.80. The number of benzene rings is 1. The number of carbonyl (C=O) groups is 2. The summed E-state index contributed by atoms with van der Waals surface area (Å²) in [7, 11) is 0. The quantitative estimate of drug-likeness (QED) is 0.500. The van der Waals surface area contributed by atoms with Gasteiger partial charge in [0.25, 0.3) is 11.8 Å². The molecule has 29 heavy (non-hydrogen) atoms. The van der Waals surface area contributed by atoms with E-state index >= 15 is 0 Å². The second-order valence-electron chi connectivity index (χ2n) is 7.68. The number of aliphatic hydroxyl groups excluding tert-OH is 2. The van der Waals surface area contributed by atoms with Crippen LogP contribution in [-0.4, -0.2) is 89.4 Å². The van der Waals surface area contributed by atoms with Crippen LogP contribution >= 0.6 is 0 Å².